The van der Waals surface area contributed by atoms with E-state index >= 15 is 0 Å². The van der Waals surface area contributed by atoms with Gasteiger partial charge in [0.05, 0.1) is 17.3 Å². The topological polar surface area (TPSA) is 38.0 Å². The Morgan fingerprint density at radius 1 is 1.20 bits per heavy atom. The van der Waals surface area contributed by atoms with Gasteiger partial charge in [0.2, 0.25) is 0 Å². The van der Waals surface area contributed by atoms with E-state index in [2.05, 4.69) is 5.10 Å². The van der Waals surface area contributed by atoms with Gasteiger partial charge in [0.1, 0.15) is 5.82 Å². The molecule has 0 fully saturated rings. The molecule has 1 aromatic heterocycles. The average molecular weight is 270 g/mol. The SMILES string of the molecule is Cn1nc(CC(O)c2cccc(F)c2)c2ccccc21. The van der Waals surface area contributed by atoms with E-state index in [1.165, 1.54) is 12.1 Å². The fraction of sp³-hybridized carbons (Fsp3) is 0.188. The summed E-state index contributed by atoms with van der Waals surface area (Å²) in [5.41, 5.74) is 2.41. The van der Waals surface area contributed by atoms with E-state index in [-0.39, 0.29) is 5.82 Å². The van der Waals surface area contributed by atoms with Gasteiger partial charge < -0.3 is 5.11 Å². The first-order chi connectivity index (χ1) is 9.65. The Bertz CT molecular complexity index is 751. The van der Waals surface area contributed by atoms with Crippen molar-refractivity contribution in [2.45, 2.75) is 12.5 Å². The lowest BCUT2D eigenvalue weighted by Gasteiger charge is -2.09. The number of benzene rings is 2. The van der Waals surface area contributed by atoms with Crippen molar-refractivity contribution in [1.82, 2.24) is 9.78 Å². The molecule has 0 radical (unpaired) electrons. The fourth-order valence-electron chi connectivity index (χ4n) is 2.45. The molecule has 0 saturated heterocycles. The van der Waals surface area contributed by atoms with Crippen LogP contribution in [0.3, 0.4) is 0 Å². The number of rotatable bonds is 3. The molecule has 0 amide bonds. The molecule has 0 bridgehead atoms. The van der Waals surface area contributed by atoms with Gasteiger partial charge in [-0.3, -0.25) is 4.68 Å². The second-order valence-corrected chi connectivity index (χ2v) is 4.86. The first-order valence-electron chi connectivity index (χ1n) is 6.49. The van der Waals surface area contributed by atoms with Crippen LogP contribution in [0.1, 0.15) is 17.4 Å². The summed E-state index contributed by atoms with van der Waals surface area (Å²) in [5.74, 6) is -0.340. The Hall–Kier alpha value is -2.20. The molecule has 0 spiro atoms. The molecule has 4 heteroatoms. The van der Waals surface area contributed by atoms with Gasteiger partial charge in [-0.2, -0.15) is 5.10 Å². The van der Waals surface area contributed by atoms with Gasteiger partial charge in [0.15, 0.2) is 0 Å². The third-order valence-electron chi connectivity index (χ3n) is 3.45. The molecule has 1 atom stereocenters. The maximum atomic E-state index is 13.2. The van der Waals surface area contributed by atoms with Gasteiger partial charge in [-0.1, -0.05) is 30.3 Å². The predicted octanol–water partition coefficient (Wildman–Crippen LogP) is 2.99. The predicted molar refractivity (Wildman–Crippen MR) is 75.8 cm³/mol. The number of nitrogens with zero attached hydrogens (tertiary/aromatic N) is 2. The van der Waals surface area contributed by atoms with Crippen LogP contribution in [0.5, 0.6) is 0 Å². The maximum Gasteiger partial charge on any atom is 0.123 e. The van der Waals surface area contributed by atoms with Gasteiger partial charge in [-0.15, -0.1) is 0 Å². The molecule has 102 valence electrons. The summed E-state index contributed by atoms with van der Waals surface area (Å²) in [6, 6.07) is 13.9. The molecule has 0 aliphatic carbocycles. The van der Waals surface area contributed by atoms with Crippen molar-refractivity contribution < 1.29 is 9.50 Å². The number of aryl methyl sites for hydroxylation is 1. The van der Waals surface area contributed by atoms with Gasteiger partial charge in [0, 0.05) is 18.9 Å². The molecule has 0 aliphatic heterocycles. The van der Waals surface area contributed by atoms with E-state index in [1.807, 2.05) is 31.3 Å². The zero-order chi connectivity index (χ0) is 14.1. The van der Waals surface area contributed by atoms with Gasteiger partial charge in [-0.25, -0.2) is 4.39 Å². The van der Waals surface area contributed by atoms with E-state index in [1.54, 1.807) is 16.8 Å². The Morgan fingerprint density at radius 2 is 2.00 bits per heavy atom. The third-order valence-corrected chi connectivity index (χ3v) is 3.45. The Labute approximate surface area is 116 Å². The van der Waals surface area contributed by atoms with Crippen LogP contribution in [0.2, 0.25) is 0 Å². The zero-order valence-electron chi connectivity index (χ0n) is 11.1. The summed E-state index contributed by atoms with van der Waals surface area (Å²) in [5, 5.41) is 15.7. The normalized spacial score (nSPS) is 12.8. The second kappa shape index (κ2) is 5.06. The van der Waals surface area contributed by atoms with Gasteiger partial charge in [-0.05, 0) is 23.8 Å². The number of hydrogen-bond donors (Lipinski definition) is 1. The molecule has 1 unspecified atom stereocenters. The summed E-state index contributed by atoms with van der Waals surface area (Å²) in [4.78, 5) is 0. The second-order valence-electron chi connectivity index (χ2n) is 4.86. The molecule has 3 aromatic rings. The van der Waals surface area contributed by atoms with Gasteiger partial charge >= 0.3 is 0 Å². The molecule has 20 heavy (non-hydrogen) atoms. The summed E-state index contributed by atoms with van der Waals surface area (Å²) in [7, 11) is 1.88. The Kier molecular flexibility index (Phi) is 3.24. The van der Waals surface area contributed by atoms with E-state index in [4.69, 9.17) is 0 Å². The van der Waals surface area contributed by atoms with Crippen molar-refractivity contribution >= 4 is 10.9 Å². The van der Waals surface area contributed by atoms with Crippen LogP contribution >= 0.6 is 0 Å². The lowest BCUT2D eigenvalue weighted by atomic mass is 10.0. The monoisotopic (exact) mass is 270 g/mol. The molecule has 0 aliphatic rings. The number of aliphatic hydroxyl groups is 1. The van der Waals surface area contributed by atoms with Crippen LogP contribution in [0.15, 0.2) is 48.5 Å². The van der Waals surface area contributed by atoms with Crippen molar-refractivity contribution in [3.63, 3.8) is 0 Å². The number of halogens is 1. The van der Waals surface area contributed by atoms with E-state index in [0.29, 0.717) is 12.0 Å². The smallest absolute Gasteiger partial charge is 0.123 e. The van der Waals surface area contributed by atoms with Gasteiger partial charge in [0.25, 0.3) is 0 Å². The summed E-state index contributed by atoms with van der Waals surface area (Å²) in [6.45, 7) is 0. The van der Waals surface area contributed by atoms with Crippen molar-refractivity contribution in [2.24, 2.45) is 7.05 Å². The van der Waals surface area contributed by atoms with Crippen LogP contribution in [-0.4, -0.2) is 14.9 Å². The number of hydrogen-bond acceptors (Lipinski definition) is 2. The highest BCUT2D eigenvalue weighted by molar-refractivity contribution is 5.81. The number of para-hydroxylation sites is 1. The minimum Gasteiger partial charge on any atom is -0.388 e. The zero-order valence-corrected chi connectivity index (χ0v) is 11.1. The molecule has 1 heterocycles. The van der Waals surface area contributed by atoms with Crippen LogP contribution in [0.25, 0.3) is 10.9 Å². The minimum atomic E-state index is -0.760. The fourth-order valence-corrected chi connectivity index (χ4v) is 2.45. The van der Waals surface area contributed by atoms with Crippen LogP contribution in [0.4, 0.5) is 4.39 Å². The van der Waals surface area contributed by atoms with Crippen LogP contribution < -0.4 is 0 Å². The van der Waals surface area contributed by atoms with E-state index in [0.717, 1.165) is 16.6 Å². The first kappa shape index (κ1) is 12.8. The molecule has 1 N–H and O–H groups in total. The lowest BCUT2D eigenvalue weighted by Crippen LogP contribution is -2.03. The number of fused-ring (bicyclic) bond motifs is 1. The van der Waals surface area contributed by atoms with Crippen LogP contribution in [-0.2, 0) is 13.5 Å². The number of aliphatic hydroxyl groups excluding tert-OH is 1. The first-order valence-corrected chi connectivity index (χ1v) is 6.49. The van der Waals surface area contributed by atoms with E-state index < -0.39 is 6.10 Å². The summed E-state index contributed by atoms with van der Waals surface area (Å²) >= 11 is 0. The highest BCUT2D eigenvalue weighted by Crippen LogP contribution is 2.24. The maximum absolute atomic E-state index is 13.2. The minimum absolute atomic E-state index is 0.340. The number of aromatic nitrogens is 2. The third kappa shape index (κ3) is 2.30. The van der Waals surface area contributed by atoms with Crippen molar-refractivity contribution in [1.29, 1.82) is 0 Å². The highest BCUT2D eigenvalue weighted by Gasteiger charge is 2.14. The van der Waals surface area contributed by atoms with Crippen molar-refractivity contribution in [3.05, 3.63) is 65.6 Å². The lowest BCUT2D eigenvalue weighted by molar-refractivity contribution is 0.177. The van der Waals surface area contributed by atoms with Crippen molar-refractivity contribution in [2.75, 3.05) is 0 Å². The molecule has 3 nitrogen and oxygen atoms in total. The summed E-state index contributed by atoms with van der Waals surface area (Å²) < 4.78 is 15.0. The molecular formula is C16H15FN2O. The van der Waals surface area contributed by atoms with Crippen molar-refractivity contribution in [3.8, 4) is 0 Å². The molecule has 2 aromatic carbocycles. The standard InChI is InChI=1S/C16H15FN2O/c1-19-15-8-3-2-7-13(15)14(18-19)10-16(20)11-5-4-6-12(17)9-11/h2-9,16,20H,10H2,1H3. The Morgan fingerprint density at radius 3 is 2.80 bits per heavy atom. The quantitative estimate of drug-likeness (QED) is 0.794. The molecule has 3 rings (SSSR count). The van der Waals surface area contributed by atoms with Crippen LogP contribution in [0, 0.1) is 5.82 Å². The average Bonchev–Trinajstić information content (AvgIpc) is 2.76. The Balaban J connectivity index is 1.93. The largest absolute Gasteiger partial charge is 0.388 e. The van der Waals surface area contributed by atoms with E-state index in [9.17, 15) is 9.50 Å². The highest BCUT2D eigenvalue weighted by atomic mass is 19.1. The molecular weight excluding hydrogens is 255 g/mol. The summed E-state index contributed by atoms with van der Waals surface area (Å²) in [6.07, 6.45) is -0.394. The molecule has 0 saturated carbocycles.